The average molecular weight is 334 g/mol. The predicted molar refractivity (Wildman–Crippen MR) is 89.9 cm³/mol. The molecule has 8 nitrogen and oxygen atoms in total. The van der Waals surface area contributed by atoms with E-state index in [1.807, 2.05) is 0 Å². The highest BCUT2D eigenvalue weighted by Gasteiger charge is 2.16. The number of urea groups is 1. The van der Waals surface area contributed by atoms with Crippen LogP contribution in [0, 0.1) is 17.0 Å². The predicted octanol–water partition coefficient (Wildman–Crippen LogP) is 2.47. The monoisotopic (exact) mass is 334 g/mol. The number of nitrogens with one attached hydrogen (secondary N) is 3. The van der Waals surface area contributed by atoms with Gasteiger partial charge < -0.3 is 16.0 Å². The fourth-order valence-corrected chi connectivity index (χ4v) is 2.73. The number of hydrogen-bond acceptors (Lipinski definition) is 4. The SMILES string of the molecule is Cc1ccc(NC(=O)CNC(=O)NC2CCCCC2)cc1[N+](=O)[O-]. The molecule has 1 aromatic carbocycles. The zero-order valence-electron chi connectivity index (χ0n) is 13.6. The van der Waals surface area contributed by atoms with Crippen molar-refractivity contribution < 1.29 is 14.5 Å². The lowest BCUT2D eigenvalue weighted by Crippen LogP contribution is -2.45. The van der Waals surface area contributed by atoms with Crippen LogP contribution in [0.15, 0.2) is 18.2 Å². The molecule has 3 amide bonds. The number of amides is 3. The highest BCUT2D eigenvalue weighted by molar-refractivity contribution is 5.94. The maximum absolute atomic E-state index is 11.9. The molecule has 1 aliphatic rings. The fourth-order valence-electron chi connectivity index (χ4n) is 2.73. The highest BCUT2D eigenvalue weighted by Crippen LogP contribution is 2.22. The van der Waals surface area contributed by atoms with Crippen LogP contribution in [0.1, 0.15) is 37.7 Å². The van der Waals surface area contributed by atoms with Crippen molar-refractivity contribution in [3.05, 3.63) is 33.9 Å². The third-order valence-corrected chi connectivity index (χ3v) is 4.04. The number of aryl methyl sites for hydroxylation is 1. The molecule has 0 heterocycles. The zero-order valence-corrected chi connectivity index (χ0v) is 13.6. The van der Waals surface area contributed by atoms with E-state index in [0.717, 1.165) is 25.7 Å². The molecule has 2 rings (SSSR count). The Balaban J connectivity index is 1.79. The number of carbonyl (C=O) groups excluding carboxylic acids is 2. The molecule has 1 saturated carbocycles. The largest absolute Gasteiger partial charge is 0.335 e. The van der Waals surface area contributed by atoms with Crippen molar-refractivity contribution in [3.8, 4) is 0 Å². The standard InChI is InChI=1S/C16H22N4O4/c1-11-7-8-13(9-14(11)20(23)24)18-15(21)10-17-16(22)19-12-5-3-2-4-6-12/h7-9,12H,2-6,10H2,1H3,(H,18,21)(H2,17,19,22). The Morgan fingerprint density at radius 2 is 1.96 bits per heavy atom. The van der Waals surface area contributed by atoms with E-state index in [1.54, 1.807) is 19.1 Å². The van der Waals surface area contributed by atoms with E-state index in [2.05, 4.69) is 16.0 Å². The molecule has 24 heavy (non-hydrogen) atoms. The van der Waals surface area contributed by atoms with Crippen LogP contribution in [-0.4, -0.2) is 29.4 Å². The molecule has 8 heteroatoms. The Morgan fingerprint density at radius 3 is 2.62 bits per heavy atom. The van der Waals surface area contributed by atoms with Gasteiger partial charge in [0.25, 0.3) is 5.69 Å². The van der Waals surface area contributed by atoms with Crippen LogP contribution < -0.4 is 16.0 Å². The van der Waals surface area contributed by atoms with E-state index in [0.29, 0.717) is 11.3 Å². The Labute approximate surface area is 140 Å². The summed E-state index contributed by atoms with van der Waals surface area (Å²) < 4.78 is 0. The van der Waals surface area contributed by atoms with Crippen LogP contribution in [0.25, 0.3) is 0 Å². The van der Waals surface area contributed by atoms with Crippen molar-refractivity contribution in [2.45, 2.75) is 45.1 Å². The fraction of sp³-hybridized carbons (Fsp3) is 0.500. The third-order valence-electron chi connectivity index (χ3n) is 4.04. The number of carbonyl (C=O) groups is 2. The second-order valence-electron chi connectivity index (χ2n) is 5.97. The first-order valence-electron chi connectivity index (χ1n) is 8.05. The summed E-state index contributed by atoms with van der Waals surface area (Å²) in [4.78, 5) is 34.0. The van der Waals surface area contributed by atoms with Gasteiger partial charge in [0.05, 0.1) is 11.5 Å². The van der Waals surface area contributed by atoms with Gasteiger partial charge in [-0.25, -0.2) is 4.79 Å². The van der Waals surface area contributed by atoms with E-state index < -0.39 is 10.8 Å². The van der Waals surface area contributed by atoms with E-state index in [-0.39, 0.29) is 24.3 Å². The summed E-state index contributed by atoms with van der Waals surface area (Å²) in [5.41, 5.74) is 0.783. The summed E-state index contributed by atoms with van der Waals surface area (Å²) in [5, 5.41) is 18.8. The number of nitro benzene ring substituents is 1. The zero-order chi connectivity index (χ0) is 17.5. The summed E-state index contributed by atoms with van der Waals surface area (Å²) in [5.74, 6) is -0.438. The lowest BCUT2D eigenvalue weighted by atomic mass is 9.96. The van der Waals surface area contributed by atoms with Crippen molar-refractivity contribution >= 4 is 23.3 Å². The summed E-state index contributed by atoms with van der Waals surface area (Å²) in [6, 6.07) is 4.25. The molecule has 0 aliphatic heterocycles. The maximum Gasteiger partial charge on any atom is 0.315 e. The number of benzene rings is 1. The first-order valence-corrected chi connectivity index (χ1v) is 8.05. The quantitative estimate of drug-likeness (QED) is 0.567. The lowest BCUT2D eigenvalue weighted by Gasteiger charge is -2.22. The molecular formula is C16H22N4O4. The number of anilines is 1. The van der Waals surface area contributed by atoms with Crippen LogP contribution in [0.3, 0.4) is 0 Å². The Morgan fingerprint density at radius 1 is 1.25 bits per heavy atom. The van der Waals surface area contributed by atoms with E-state index in [4.69, 9.17) is 0 Å². The smallest absolute Gasteiger partial charge is 0.315 e. The summed E-state index contributed by atoms with van der Waals surface area (Å²) in [7, 11) is 0. The molecule has 0 bridgehead atoms. The first-order chi connectivity index (χ1) is 11.5. The van der Waals surface area contributed by atoms with Crippen molar-refractivity contribution in [1.29, 1.82) is 0 Å². The lowest BCUT2D eigenvalue weighted by molar-refractivity contribution is -0.385. The molecule has 0 atom stereocenters. The van der Waals surface area contributed by atoms with Gasteiger partial charge in [0.2, 0.25) is 5.91 Å². The average Bonchev–Trinajstić information content (AvgIpc) is 2.55. The minimum Gasteiger partial charge on any atom is -0.335 e. The summed E-state index contributed by atoms with van der Waals surface area (Å²) in [6.07, 6.45) is 5.35. The highest BCUT2D eigenvalue weighted by atomic mass is 16.6. The molecular weight excluding hydrogens is 312 g/mol. The molecule has 1 aliphatic carbocycles. The molecule has 0 saturated heterocycles. The van der Waals surface area contributed by atoms with Crippen molar-refractivity contribution in [2.24, 2.45) is 0 Å². The Bertz CT molecular complexity index is 627. The van der Waals surface area contributed by atoms with Crippen molar-refractivity contribution in [1.82, 2.24) is 10.6 Å². The van der Waals surface area contributed by atoms with Gasteiger partial charge in [-0.3, -0.25) is 14.9 Å². The molecule has 1 fully saturated rings. The van der Waals surface area contributed by atoms with Crippen molar-refractivity contribution in [3.63, 3.8) is 0 Å². The van der Waals surface area contributed by atoms with Crippen LogP contribution in [0.4, 0.5) is 16.2 Å². The first kappa shape index (κ1) is 17.7. The third kappa shape index (κ3) is 5.22. The number of nitro groups is 1. The summed E-state index contributed by atoms with van der Waals surface area (Å²) >= 11 is 0. The van der Waals surface area contributed by atoms with Gasteiger partial charge in [-0.15, -0.1) is 0 Å². The van der Waals surface area contributed by atoms with Crippen LogP contribution in [0.2, 0.25) is 0 Å². The topological polar surface area (TPSA) is 113 Å². The Kier molecular flexibility index (Phi) is 6.11. The number of rotatable bonds is 5. The van der Waals surface area contributed by atoms with E-state index >= 15 is 0 Å². The van der Waals surface area contributed by atoms with Gasteiger partial charge in [-0.05, 0) is 25.8 Å². The van der Waals surface area contributed by atoms with Gasteiger partial charge in [-0.2, -0.15) is 0 Å². The van der Waals surface area contributed by atoms with Crippen LogP contribution >= 0.6 is 0 Å². The van der Waals surface area contributed by atoms with E-state index in [9.17, 15) is 19.7 Å². The minimum atomic E-state index is -0.499. The van der Waals surface area contributed by atoms with Crippen LogP contribution in [0.5, 0.6) is 0 Å². The normalized spacial score (nSPS) is 14.7. The van der Waals surface area contributed by atoms with Gasteiger partial charge >= 0.3 is 6.03 Å². The molecule has 0 aromatic heterocycles. The van der Waals surface area contributed by atoms with Gasteiger partial charge in [-0.1, -0.05) is 25.3 Å². The molecule has 0 unspecified atom stereocenters. The molecule has 1 aromatic rings. The second-order valence-corrected chi connectivity index (χ2v) is 5.97. The number of nitrogens with zero attached hydrogens (tertiary/aromatic N) is 1. The van der Waals surface area contributed by atoms with Crippen LogP contribution in [-0.2, 0) is 4.79 Å². The molecule has 0 radical (unpaired) electrons. The van der Waals surface area contributed by atoms with Gasteiger partial charge in [0, 0.05) is 23.4 Å². The molecule has 3 N–H and O–H groups in total. The second kappa shape index (κ2) is 8.28. The minimum absolute atomic E-state index is 0.0594. The van der Waals surface area contributed by atoms with Gasteiger partial charge in [0.1, 0.15) is 0 Å². The Hall–Kier alpha value is -2.64. The molecule has 130 valence electrons. The van der Waals surface area contributed by atoms with E-state index in [1.165, 1.54) is 12.5 Å². The van der Waals surface area contributed by atoms with Gasteiger partial charge in [0.15, 0.2) is 0 Å². The number of hydrogen-bond donors (Lipinski definition) is 3. The summed E-state index contributed by atoms with van der Waals surface area (Å²) in [6.45, 7) is 1.43. The molecule has 0 spiro atoms. The maximum atomic E-state index is 11.9. The van der Waals surface area contributed by atoms with Crippen molar-refractivity contribution in [2.75, 3.05) is 11.9 Å².